The fraction of sp³-hybridized carbons (Fsp3) is 0.500. The van der Waals surface area contributed by atoms with Crippen LogP contribution in [-0.4, -0.2) is 58.3 Å². The molecule has 1 aliphatic heterocycles. The number of likely N-dealkylation sites (tertiary alicyclic amines) is 1. The van der Waals surface area contributed by atoms with Crippen LogP contribution >= 0.6 is 0 Å². The van der Waals surface area contributed by atoms with E-state index in [4.69, 9.17) is 5.11 Å². The Bertz CT molecular complexity index is 677. The van der Waals surface area contributed by atoms with Crippen molar-refractivity contribution in [2.45, 2.75) is 37.8 Å². The molecule has 2 heterocycles. The Labute approximate surface area is 160 Å². The van der Waals surface area contributed by atoms with E-state index < -0.39 is 0 Å². The summed E-state index contributed by atoms with van der Waals surface area (Å²) in [5.41, 5.74) is 1.05. The molecule has 2 aromatic rings. The van der Waals surface area contributed by atoms with Gasteiger partial charge in [0.05, 0.1) is 6.04 Å². The second-order valence-corrected chi connectivity index (χ2v) is 6.97. The Morgan fingerprint density at radius 1 is 1.37 bits per heavy atom. The maximum absolute atomic E-state index is 12.5. The summed E-state index contributed by atoms with van der Waals surface area (Å²) in [4.78, 5) is 22.3. The molecule has 1 aliphatic rings. The monoisotopic (exact) mass is 371 g/mol. The van der Waals surface area contributed by atoms with Crippen LogP contribution in [0.15, 0.2) is 42.7 Å². The number of hydrogen-bond donors (Lipinski definition) is 4. The summed E-state index contributed by atoms with van der Waals surface area (Å²) in [6.07, 6.45) is 7.13. The molecule has 27 heavy (non-hydrogen) atoms. The van der Waals surface area contributed by atoms with E-state index in [9.17, 15) is 4.79 Å². The molecule has 7 nitrogen and oxygen atoms in total. The zero-order valence-corrected chi connectivity index (χ0v) is 15.6. The van der Waals surface area contributed by atoms with Gasteiger partial charge < -0.3 is 20.7 Å². The Hall–Kier alpha value is -2.38. The molecule has 1 fully saturated rings. The number of hydrogen-bond acceptors (Lipinski definition) is 4. The number of nitrogens with one attached hydrogen (secondary N) is 3. The molecule has 0 radical (unpaired) electrons. The Morgan fingerprint density at radius 2 is 2.22 bits per heavy atom. The van der Waals surface area contributed by atoms with E-state index >= 15 is 0 Å². The highest BCUT2D eigenvalue weighted by Crippen LogP contribution is 2.18. The highest BCUT2D eigenvalue weighted by molar-refractivity contribution is 5.74. The lowest BCUT2D eigenvalue weighted by molar-refractivity contribution is 0.204. The molecule has 146 valence electrons. The number of amides is 2. The van der Waals surface area contributed by atoms with Crippen molar-refractivity contribution in [1.82, 2.24) is 25.5 Å². The number of imidazole rings is 1. The molecule has 1 saturated heterocycles. The third-order valence-electron chi connectivity index (χ3n) is 5.06. The first-order chi connectivity index (χ1) is 13.3. The second kappa shape index (κ2) is 10.1. The van der Waals surface area contributed by atoms with Crippen LogP contribution in [0.3, 0.4) is 0 Å². The molecular formula is C20H29N5O2. The van der Waals surface area contributed by atoms with Crippen molar-refractivity contribution in [3.05, 3.63) is 54.1 Å². The molecule has 7 heteroatoms. The van der Waals surface area contributed by atoms with Crippen LogP contribution in [0.4, 0.5) is 4.79 Å². The molecule has 4 N–H and O–H groups in total. The number of nitrogens with zero attached hydrogens (tertiary/aromatic N) is 2. The number of aliphatic hydroxyl groups excluding tert-OH is 1. The summed E-state index contributed by atoms with van der Waals surface area (Å²) < 4.78 is 0. The van der Waals surface area contributed by atoms with Crippen molar-refractivity contribution in [3.63, 3.8) is 0 Å². The highest BCUT2D eigenvalue weighted by atomic mass is 16.3. The molecular weight excluding hydrogens is 342 g/mol. The minimum absolute atomic E-state index is 0.147. The zero-order chi connectivity index (χ0) is 18.9. The summed E-state index contributed by atoms with van der Waals surface area (Å²) in [6.45, 7) is 2.76. The van der Waals surface area contributed by atoms with Crippen LogP contribution in [0, 0.1) is 0 Å². The summed E-state index contributed by atoms with van der Waals surface area (Å²) >= 11 is 0. The molecule has 0 bridgehead atoms. The van der Waals surface area contributed by atoms with E-state index in [1.165, 1.54) is 0 Å². The minimum atomic E-state index is -0.163. The smallest absolute Gasteiger partial charge is 0.315 e. The van der Waals surface area contributed by atoms with Gasteiger partial charge in [-0.3, -0.25) is 4.90 Å². The summed E-state index contributed by atoms with van der Waals surface area (Å²) in [5, 5.41) is 15.1. The molecule has 1 aromatic heterocycles. The van der Waals surface area contributed by atoms with Gasteiger partial charge in [-0.15, -0.1) is 0 Å². The summed E-state index contributed by atoms with van der Waals surface area (Å²) in [6, 6.07) is 9.99. The van der Waals surface area contributed by atoms with E-state index in [2.05, 4.69) is 25.5 Å². The van der Waals surface area contributed by atoms with E-state index in [1.54, 1.807) is 12.4 Å². The van der Waals surface area contributed by atoms with Gasteiger partial charge in [-0.25, -0.2) is 9.78 Å². The van der Waals surface area contributed by atoms with Crippen molar-refractivity contribution in [3.8, 4) is 0 Å². The molecule has 0 aliphatic carbocycles. The average molecular weight is 371 g/mol. The zero-order valence-electron chi connectivity index (χ0n) is 15.6. The average Bonchev–Trinajstić information content (AvgIpc) is 3.36. The lowest BCUT2D eigenvalue weighted by atomic mass is 10.0. The number of urea groups is 1. The fourth-order valence-corrected chi connectivity index (χ4v) is 3.65. The largest absolute Gasteiger partial charge is 0.396 e. The molecule has 2 unspecified atom stereocenters. The quantitative estimate of drug-likeness (QED) is 0.541. The van der Waals surface area contributed by atoms with Gasteiger partial charge in [0, 0.05) is 44.6 Å². The fourth-order valence-electron chi connectivity index (χ4n) is 3.65. The lowest BCUT2D eigenvalue weighted by Crippen LogP contribution is -2.45. The van der Waals surface area contributed by atoms with E-state index in [1.807, 2.05) is 30.3 Å². The van der Waals surface area contributed by atoms with E-state index in [0.717, 1.165) is 43.7 Å². The standard InChI is InChI=1S/C20H29N5O2/c26-13-5-12-25-11-4-8-17(25)15-23-20(27)24-18(14-19-21-9-10-22-19)16-6-2-1-3-7-16/h1-3,6-7,9-10,17-18,26H,4-5,8,11-15H2,(H,21,22)(H2,23,24,27). The van der Waals surface area contributed by atoms with Gasteiger partial charge in [0.25, 0.3) is 0 Å². The van der Waals surface area contributed by atoms with Crippen LogP contribution in [0.5, 0.6) is 0 Å². The summed E-state index contributed by atoms with van der Waals surface area (Å²) in [7, 11) is 0. The number of rotatable bonds is 9. The SMILES string of the molecule is O=C(NCC1CCCN1CCCO)NC(Cc1ncc[nH]1)c1ccccc1. The first-order valence-corrected chi connectivity index (χ1v) is 9.68. The number of benzene rings is 1. The summed E-state index contributed by atoms with van der Waals surface area (Å²) in [5.74, 6) is 0.843. The third-order valence-corrected chi connectivity index (χ3v) is 5.06. The van der Waals surface area contributed by atoms with Crippen molar-refractivity contribution < 1.29 is 9.90 Å². The Balaban J connectivity index is 1.54. The van der Waals surface area contributed by atoms with Crippen LogP contribution in [0.2, 0.25) is 0 Å². The van der Waals surface area contributed by atoms with Gasteiger partial charge in [-0.2, -0.15) is 0 Å². The third kappa shape index (κ3) is 5.80. The Kier molecular flexibility index (Phi) is 7.24. The first-order valence-electron chi connectivity index (χ1n) is 9.68. The maximum Gasteiger partial charge on any atom is 0.315 e. The van der Waals surface area contributed by atoms with Gasteiger partial charge in [0.1, 0.15) is 5.82 Å². The van der Waals surface area contributed by atoms with Crippen molar-refractivity contribution >= 4 is 6.03 Å². The van der Waals surface area contributed by atoms with Gasteiger partial charge in [0.2, 0.25) is 0 Å². The van der Waals surface area contributed by atoms with Crippen molar-refractivity contribution in [1.29, 1.82) is 0 Å². The molecule has 2 amide bonds. The molecule has 2 atom stereocenters. The van der Waals surface area contributed by atoms with Crippen LogP contribution in [-0.2, 0) is 6.42 Å². The number of aromatic nitrogens is 2. The molecule has 1 aromatic carbocycles. The minimum Gasteiger partial charge on any atom is -0.396 e. The molecule has 0 spiro atoms. The maximum atomic E-state index is 12.5. The number of H-pyrrole nitrogens is 1. The van der Waals surface area contributed by atoms with Crippen molar-refractivity contribution in [2.75, 3.05) is 26.2 Å². The first kappa shape index (κ1) is 19.4. The van der Waals surface area contributed by atoms with Crippen LogP contribution < -0.4 is 10.6 Å². The predicted octanol–water partition coefficient (Wildman–Crippen LogP) is 1.84. The number of aromatic amines is 1. The number of carbonyl (C=O) groups excluding carboxylic acids is 1. The van der Waals surface area contributed by atoms with Crippen molar-refractivity contribution in [2.24, 2.45) is 0 Å². The van der Waals surface area contributed by atoms with Crippen LogP contribution in [0.1, 0.15) is 36.7 Å². The van der Waals surface area contributed by atoms with E-state index in [-0.39, 0.29) is 18.7 Å². The van der Waals surface area contributed by atoms with Crippen LogP contribution in [0.25, 0.3) is 0 Å². The molecule has 3 rings (SSSR count). The second-order valence-electron chi connectivity index (χ2n) is 6.97. The lowest BCUT2D eigenvalue weighted by Gasteiger charge is -2.25. The van der Waals surface area contributed by atoms with Gasteiger partial charge in [-0.05, 0) is 31.4 Å². The predicted molar refractivity (Wildman–Crippen MR) is 104 cm³/mol. The topological polar surface area (TPSA) is 93.3 Å². The van der Waals surface area contributed by atoms with E-state index in [0.29, 0.717) is 19.0 Å². The number of aliphatic hydroxyl groups is 1. The highest BCUT2D eigenvalue weighted by Gasteiger charge is 2.24. The normalized spacial score (nSPS) is 18.3. The number of carbonyl (C=O) groups is 1. The van der Waals surface area contributed by atoms with Gasteiger partial charge >= 0.3 is 6.03 Å². The molecule has 0 saturated carbocycles. The van der Waals surface area contributed by atoms with Gasteiger partial charge in [-0.1, -0.05) is 30.3 Å². The Morgan fingerprint density at radius 3 is 2.96 bits per heavy atom. The van der Waals surface area contributed by atoms with Gasteiger partial charge in [0.15, 0.2) is 0 Å².